The number of carboxylic acid groups (broad SMARTS) is 1. The molecule has 4 rings (SSSR count). The molecule has 7 nitrogen and oxygen atoms in total. The van der Waals surface area contributed by atoms with E-state index in [1.807, 2.05) is 49.4 Å². The fourth-order valence-electron chi connectivity index (χ4n) is 3.91. The van der Waals surface area contributed by atoms with Crippen molar-refractivity contribution in [3.05, 3.63) is 100 Å². The molecule has 0 fully saturated rings. The summed E-state index contributed by atoms with van der Waals surface area (Å²) in [6, 6.07) is 21.7. The van der Waals surface area contributed by atoms with E-state index in [-0.39, 0.29) is 13.0 Å². The topological polar surface area (TPSA) is 101 Å². The van der Waals surface area contributed by atoms with E-state index < -0.39 is 23.5 Å². The summed E-state index contributed by atoms with van der Waals surface area (Å²) in [5, 5.41) is 12.2. The number of aliphatic carboxylic acids is 1. The number of amides is 1. The molecule has 2 N–H and O–H groups in total. The Morgan fingerprint density at radius 2 is 1.79 bits per heavy atom. The lowest BCUT2D eigenvalue weighted by molar-refractivity contribution is -0.137. The van der Waals surface area contributed by atoms with Crippen molar-refractivity contribution in [1.82, 2.24) is 14.9 Å². The Morgan fingerprint density at radius 1 is 1.03 bits per heavy atom. The minimum atomic E-state index is -1.03. The Bertz CT molecular complexity index is 1390. The van der Waals surface area contributed by atoms with Crippen LogP contribution in [0.3, 0.4) is 0 Å². The van der Waals surface area contributed by atoms with Crippen LogP contribution in [0.5, 0.6) is 0 Å². The highest BCUT2D eigenvalue weighted by Gasteiger charge is 2.20. The SMILES string of the molecule is Cc1ccccc1-c1cccc([C@H](CC(=O)O)NC(=O)Cn2c(=O)cnc3ccccc32)c1. The summed E-state index contributed by atoms with van der Waals surface area (Å²) < 4.78 is 1.33. The van der Waals surface area contributed by atoms with Crippen molar-refractivity contribution >= 4 is 22.9 Å². The van der Waals surface area contributed by atoms with E-state index >= 15 is 0 Å². The molecule has 0 aliphatic rings. The van der Waals surface area contributed by atoms with Crippen LogP contribution in [-0.2, 0) is 16.1 Å². The fraction of sp³-hybridized carbons (Fsp3) is 0.154. The van der Waals surface area contributed by atoms with Gasteiger partial charge < -0.3 is 10.4 Å². The van der Waals surface area contributed by atoms with Crippen molar-refractivity contribution in [3.8, 4) is 11.1 Å². The third-order valence-corrected chi connectivity index (χ3v) is 5.51. The highest BCUT2D eigenvalue weighted by atomic mass is 16.4. The molecule has 0 unspecified atom stereocenters. The molecule has 0 aliphatic heterocycles. The smallest absolute Gasteiger partial charge is 0.305 e. The van der Waals surface area contributed by atoms with Crippen LogP contribution in [0.25, 0.3) is 22.2 Å². The molecule has 1 heterocycles. The lowest BCUT2D eigenvalue weighted by Gasteiger charge is -2.19. The maximum absolute atomic E-state index is 12.9. The van der Waals surface area contributed by atoms with Gasteiger partial charge in [0.15, 0.2) is 0 Å². The molecule has 33 heavy (non-hydrogen) atoms. The Morgan fingerprint density at radius 3 is 2.58 bits per heavy atom. The second-order valence-electron chi connectivity index (χ2n) is 7.83. The van der Waals surface area contributed by atoms with E-state index in [0.29, 0.717) is 16.6 Å². The number of aromatic nitrogens is 2. The van der Waals surface area contributed by atoms with Crippen molar-refractivity contribution < 1.29 is 14.7 Å². The number of fused-ring (bicyclic) bond motifs is 1. The summed E-state index contributed by atoms with van der Waals surface area (Å²) >= 11 is 0. The maximum atomic E-state index is 12.9. The van der Waals surface area contributed by atoms with Crippen molar-refractivity contribution in [2.75, 3.05) is 0 Å². The lowest BCUT2D eigenvalue weighted by atomic mass is 9.95. The number of nitrogens with zero attached hydrogens (tertiary/aromatic N) is 2. The average Bonchev–Trinajstić information content (AvgIpc) is 2.80. The highest BCUT2D eigenvalue weighted by Crippen LogP contribution is 2.27. The van der Waals surface area contributed by atoms with Gasteiger partial charge in [-0.05, 0) is 47.4 Å². The van der Waals surface area contributed by atoms with E-state index in [0.717, 1.165) is 16.7 Å². The Kier molecular flexibility index (Phi) is 6.31. The molecule has 166 valence electrons. The fourth-order valence-corrected chi connectivity index (χ4v) is 3.91. The maximum Gasteiger partial charge on any atom is 0.305 e. The van der Waals surface area contributed by atoms with Gasteiger partial charge in [-0.3, -0.25) is 19.0 Å². The first-order chi connectivity index (χ1) is 15.9. The van der Waals surface area contributed by atoms with Crippen LogP contribution in [0.4, 0.5) is 0 Å². The van der Waals surface area contributed by atoms with Crippen molar-refractivity contribution in [3.63, 3.8) is 0 Å². The summed E-state index contributed by atoms with van der Waals surface area (Å²) in [4.78, 5) is 40.9. The molecule has 0 radical (unpaired) electrons. The van der Waals surface area contributed by atoms with Gasteiger partial charge in [-0.25, -0.2) is 4.98 Å². The van der Waals surface area contributed by atoms with Gasteiger partial charge in [0, 0.05) is 0 Å². The molecule has 1 aromatic heterocycles. The molecule has 0 aliphatic carbocycles. The zero-order chi connectivity index (χ0) is 23.4. The number of benzene rings is 3. The van der Waals surface area contributed by atoms with Gasteiger partial charge in [0.25, 0.3) is 5.56 Å². The van der Waals surface area contributed by atoms with Crippen LogP contribution in [0.2, 0.25) is 0 Å². The van der Waals surface area contributed by atoms with Crippen LogP contribution < -0.4 is 10.9 Å². The molecule has 1 amide bonds. The predicted octanol–water partition coefficient (Wildman–Crippen LogP) is 3.70. The van der Waals surface area contributed by atoms with Crippen LogP contribution >= 0.6 is 0 Å². The first-order valence-corrected chi connectivity index (χ1v) is 10.5. The van der Waals surface area contributed by atoms with Crippen LogP contribution in [0.15, 0.2) is 83.8 Å². The van der Waals surface area contributed by atoms with Gasteiger partial charge in [0.05, 0.1) is 29.7 Å². The van der Waals surface area contributed by atoms with Gasteiger partial charge in [-0.2, -0.15) is 0 Å². The summed E-state index contributed by atoms with van der Waals surface area (Å²) in [6.07, 6.45) is 0.894. The second-order valence-corrected chi connectivity index (χ2v) is 7.83. The van der Waals surface area contributed by atoms with E-state index in [9.17, 15) is 19.5 Å². The highest BCUT2D eigenvalue weighted by molar-refractivity contribution is 5.81. The number of aryl methyl sites for hydroxylation is 1. The van der Waals surface area contributed by atoms with E-state index in [4.69, 9.17) is 0 Å². The number of carbonyl (C=O) groups excluding carboxylic acids is 1. The Labute approximate surface area is 190 Å². The third-order valence-electron chi connectivity index (χ3n) is 5.51. The number of carbonyl (C=O) groups is 2. The van der Waals surface area contributed by atoms with Crippen LogP contribution in [0, 0.1) is 6.92 Å². The summed E-state index contributed by atoms with van der Waals surface area (Å²) in [7, 11) is 0. The van der Waals surface area contributed by atoms with E-state index in [2.05, 4.69) is 10.3 Å². The Hall–Kier alpha value is -4.26. The van der Waals surface area contributed by atoms with E-state index in [1.165, 1.54) is 10.8 Å². The minimum Gasteiger partial charge on any atom is -0.481 e. The number of hydrogen-bond donors (Lipinski definition) is 2. The monoisotopic (exact) mass is 441 g/mol. The summed E-state index contributed by atoms with van der Waals surface area (Å²) in [6.45, 7) is 1.77. The van der Waals surface area contributed by atoms with Crippen LogP contribution in [0.1, 0.15) is 23.6 Å². The molecule has 0 saturated carbocycles. The molecule has 0 spiro atoms. The molecular formula is C26H23N3O4. The number of carboxylic acids is 1. The number of rotatable bonds is 7. The summed E-state index contributed by atoms with van der Waals surface area (Å²) in [5.41, 5.74) is 4.48. The van der Waals surface area contributed by atoms with Crippen molar-refractivity contribution in [1.29, 1.82) is 0 Å². The third kappa shape index (κ3) is 4.98. The molecule has 3 aromatic carbocycles. The number of para-hydroxylation sites is 2. The average molecular weight is 441 g/mol. The van der Waals surface area contributed by atoms with Crippen molar-refractivity contribution in [2.24, 2.45) is 0 Å². The molecular weight excluding hydrogens is 418 g/mol. The quantitative estimate of drug-likeness (QED) is 0.455. The van der Waals surface area contributed by atoms with Gasteiger partial charge in [-0.1, -0.05) is 54.6 Å². The molecule has 1 atom stereocenters. The first kappa shape index (κ1) is 22.0. The minimum absolute atomic E-state index is 0.241. The van der Waals surface area contributed by atoms with E-state index in [1.54, 1.807) is 30.3 Å². The van der Waals surface area contributed by atoms with Gasteiger partial charge in [0.2, 0.25) is 5.91 Å². The molecule has 4 aromatic rings. The molecule has 7 heteroatoms. The van der Waals surface area contributed by atoms with Gasteiger partial charge in [0.1, 0.15) is 6.54 Å². The normalized spacial score (nSPS) is 11.8. The molecule has 0 saturated heterocycles. The lowest BCUT2D eigenvalue weighted by Crippen LogP contribution is -2.35. The standard InChI is InChI=1S/C26H23N3O4/c1-17-7-2-3-10-20(17)18-8-6-9-19(13-18)22(14-26(32)33)28-24(30)16-29-23-12-5-4-11-21(23)27-15-25(29)31/h2-13,15,22H,14,16H2,1H3,(H,28,30)(H,32,33)/t22-/m0/s1. The van der Waals surface area contributed by atoms with Crippen LogP contribution in [-0.4, -0.2) is 26.5 Å². The zero-order valence-electron chi connectivity index (χ0n) is 18.1. The molecule has 0 bridgehead atoms. The Balaban J connectivity index is 1.62. The number of hydrogen-bond acceptors (Lipinski definition) is 4. The predicted molar refractivity (Wildman–Crippen MR) is 126 cm³/mol. The number of nitrogens with one attached hydrogen (secondary N) is 1. The van der Waals surface area contributed by atoms with Gasteiger partial charge in [-0.15, -0.1) is 0 Å². The summed E-state index contributed by atoms with van der Waals surface area (Å²) in [5.74, 6) is -1.49. The largest absolute Gasteiger partial charge is 0.481 e. The van der Waals surface area contributed by atoms with Gasteiger partial charge >= 0.3 is 5.97 Å². The van der Waals surface area contributed by atoms with Crippen molar-refractivity contribution in [2.45, 2.75) is 25.9 Å². The first-order valence-electron chi connectivity index (χ1n) is 10.5. The second kappa shape index (κ2) is 9.48. The zero-order valence-corrected chi connectivity index (χ0v) is 18.1.